The van der Waals surface area contributed by atoms with Crippen LogP contribution in [0.5, 0.6) is 0 Å². The van der Waals surface area contributed by atoms with Crippen LogP contribution in [0.25, 0.3) is 11.3 Å². The van der Waals surface area contributed by atoms with E-state index in [1.165, 1.54) is 17.6 Å². The quantitative estimate of drug-likeness (QED) is 0.689. The van der Waals surface area contributed by atoms with Gasteiger partial charge in [0.2, 0.25) is 0 Å². The lowest BCUT2D eigenvalue weighted by molar-refractivity contribution is 0.102. The Balaban J connectivity index is 1.78. The van der Waals surface area contributed by atoms with Crippen molar-refractivity contribution >= 4 is 44.0 Å². The topological polar surface area (TPSA) is 81.1 Å². The molecule has 1 aromatic carbocycles. The predicted molar refractivity (Wildman–Crippen MR) is 86.3 cm³/mol. The van der Waals surface area contributed by atoms with Gasteiger partial charge in [0.1, 0.15) is 0 Å². The maximum Gasteiger partial charge on any atom is 0.261 e. The molecule has 5 nitrogen and oxygen atoms in total. The highest BCUT2D eigenvalue weighted by Crippen LogP contribution is 2.26. The molecule has 0 aliphatic carbocycles. The summed E-state index contributed by atoms with van der Waals surface area (Å²) < 4.78 is 5.43. The van der Waals surface area contributed by atoms with Gasteiger partial charge < -0.3 is 10.2 Å². The zero-order chi connectivity index (χ0) is 14.8. The largest absolute Gasteiger partial charge is 0.457 e. The van der Waals surface area contributed by atoms with Crippen LogP contribution in [0.1, 0.15) is 10.4 Å². The summed E-state index contributed by atoms with van der Waals surface area (Å²) in [6, 6.07) is 9.00. The Labute approximate surface area is 132 Å². The van der Waals surface area contributed by atoms with Crippen molar-refractivity contribution in [2.45, 2.75) is 0 Å². The van der Waals surface area contributed by atoms with Crippen molar-refractivity contribution in [3.05, 3.63) is 52.2 Å². The van der Waals surface area contributed by atoms with Crippen molar-refractivity contribution in [2.24, 2.45) is 0 Å². The number of nitrogens with two attached hydrogens (primary N) is 1. The lowest BCUT2D eigenvalue weighted by Crippen LogP contribution is -2.11. The molecule has 0 aliphatic heterocycles. The minimum absolute atomic E-state index is 0.270. The van der Waals surface area contributed by atoms with Gasteiger partial charge >= 0.3 is 0 Å². The van der Waals surface area contributed by atoms with Crippen LogP contribution >= 0.6 is 27.3 Å². The van der Waals surface area contributed by atoms with Crippen LogP contribution in [0.4, 0.5) is 10.8 Å². The fourth-order valence-corrected chi connectivity index (χ4v) is 2.87. The maximum absolute atomic E-state index is 12.0. The number of hydrogen-bond donors (Lipinski definition) is 2. The summed E-state index contributed by atoms with van der Waals surface area (Å²) in [5.74, 6) is -0.270. The lowest BCUT2D eigenvalue weighted by Gasteiger charge is -1.99. The van der Waals surface area contributed by atoms with Crippen LogP contribution in [-0.4, -0.2) is 10.9 Å². The van der Waals surface area contributed by atoms with Crippen LogP contribution in [0.3, 0.4) is 0 Å². The molecule has 0 radical (unpaired) electrons. The molecule has 0 spiro atoms. The van der Waals surface area contributed by atoms with Crippen LogP contribution in [0, 0.1) is 0 Å². The van der Waals surface area contributed by atoms with E-state index >= 15 is 0 Å². The minimum Gasteiger partial charge on any atom is -0.457 e. The van der Waals surface area contributed by atoms with Gasteiger partial charge in [-0.1, -0.05) is 12.1 Å². The molecule has 2 heterocycles. The highest BCUT2D eigenvalue weighted by molar-refractivity contribution is 9.10. The molecule has 0 saturated carbocycles. The molecule has 0 saturated heterocycles. The first-order chi connectivity index (χ1) is 10.1. The van der Waals surface area contributed by atoms with E-state index in [0.717, 1.165) is 11.3 Å². The Hall–Kier alpha value is -2.12. The predicted octanol–water partition coefficient (Wildman–Crippen LogP) is 4.00. The summed E-state index contributed by atoms with van der Waals surface area (Å²) in [5.41, 5.74) is 8.53. The third kappa shape index (κ3) is 2.98. The highest BCUT2D eigenvalue weighted by atomic mass is 79.9. The first kappa shape index (κ1) is 13.8. The number of anilines is 2. The third-order valence-electron chi connectivity index (χ3n) is 2.79. The molecule has 3 rings (SSSR count). The van der Waals surface area contributed by atoms with E-state index in [1.54, 1.807) is 6.07 Å². The molecule has 1 amide bonds. The average molecular weight is 364 g/mol. The molecule has 0 atom stereocenters. The molecule has 0 bridgehead atoms. The molecule has 0 fully saturated rings. The third-order valence-corrected chi connectivity index (χ3v) is 4.17. The zero-order valence-electron chi connectivity index (χ0n) is 10.7. The molecule has 0 unspecified atom stereocenters. The average Bonchev–Trinajstić information content (AvgIpc) is 3.09. The second kappa shape index (κ2) is 5.71. The van der Waals surface area contributed by atoms with Gasteiger partial charge in [0.05, 0.1) is 17.5 Å². The number of benzene rings is 1. The molecular formula is C14H10BrN3O2S. The van der Waals surface area contributed by atoms with Crippen molar-refractivity contribution in [3.8, 4) is 11.3 Å². The molecule has 106 valence electrons. The molecule has 7 heteroatoms. The number of nitrogens with one attached hydrogen (secondary N) is 1. The van der Waals surface area contributed by atoms with Crippen LogP contribution in [0.2, 0.25) is 0 Å². The van der Waals surface area contributed by atoms with E-state index in [4.69, 9.17) is 10.2 Å². The van der Waals surface area contributed by atoms with E-state index in [9.17, 15) is 4.79 Å². The number of nitrogen functional groups attached to an aromatic ring is 1. The lowest BCUT2D eigenvalue weighted by atomic mass is 10.1. The van der Waals surface area contributed by atoms with Crippen molar-refractivity contribution < 1.29 is 9.21 Å². The van der Waals surface area contributed by atoms with Gasteiger partial charge in [0.25, 0.3) is 5.91 Å². The van der Waals surface area contributed by atoms with E-state index in [0.29, 0.717) is 21.1 Å². The fourth-order valence-electron chi connectivity index (χ4n) is 1.74. The zero-order valence-corrected chi connectivity index (χ0v) is 13.1. The Bertz CT molecular complexity index is 780. The number of amides is 1. The normalized spacial score (nSPS) is 10.5. The van der Waals surface area contributed by atoms with E-state index in [2.05, 4.69) is 26.2 Å². The van der Waals surface area contributed by atoms with Gasteiger partial charge in [0, 0.05) is 16.6 Å². The summed E-state index contributed by atoms with van der Waals surface area (Å²) in [6.07, 6.45) is 1.45. The van der Waals surface area contributed by atoms with Crippen molar-refractivity contribution in [1.82, 2.24) is 4.98 Å². The van der Waals surface area contributed by atoms with Crippen molar-refractivity contribution in [2.75, 3.05) is 11.1 Å². The van der Waals surface area contributed by atoms with E-state index in [-0.39, 0.29) is 5.91 Å². The molecule has 3 aromatic rings. The smallest absolute Gasteiger partial charge is 0.261 e. The van der Waals surface area contributed by atoms with Gasteiger partial charge in [0.15, 0.2) is 9.80 Å². The summed E-state index contributed by atoms with van der Waals surface area (Å²) in [5, 5.41) is 5.15. The molecule has 0 aliphatic rings. The highest BCUT2D eigenvalue weighted by Gasteiger charge is 2.14. The summed E-state index contributed by atoms with van der Waals surface area (Å²) in [7, 11) is 0. The van der Waals surface area contributed by atoms with Crippen molar-refractivity contribution in [3.63, 3.8) is 0 Å². The van der Waals surface area contributed by atoms with Crippen molar-refractivity contribution in [1.29, 1.82) is 0 Å². The number of aromatic nitrogens is 1. The summed E-state index contributed by atoms with van der Waals surface area (Å²) >= 11 is 4.53. The minimum atomic E-state index is -0.270. The summed E-state index contributed by atoms with van der Waals surface area (Å²) in [6.45, 7) is 0. The van der Waals surface area contributed by atoms with Crippen LogP contribution < -0.4 is 11.1 Å². The Morgan fingerprint density at radius 3 is 2.71 bits per heavy atom. The van der Waals surface area contributed by atoms with Gasteiger partial charge in [-0.15, -0.1) is 11.3 Å². The van der Waals surface area contributed by atoms with Crippen LogP contribution in [0.15, 0.2) is 51.1 Å². The van der Waals surface area contributed by atoms with Crippen LogP contribution in [-0.2, 0) is 0 Å². The maximum atomic E-state index is 12.0. The second-order valence-electron chi connectivity index (χ2n) is 4.22. The molecular weight excluding hydrogens is 354 g/mol. The Kier molecular flexibility index (Phi) is 3.76. The van der Waals surface area contributed by atoms with Gasteiger partial charge in [-0.25, -0.2) is 4.98 Å². The van der Waals surface area contributed by atoms with Gasteiger partial charge in [-0.2, -0.15) is 0 Å². The number of halogens is 1. The summed E-state index contributed by atoms with van der Waals surface area (Å²) in [4.78, 5) is 16.4. The number of carbonyl (C=O) groups excluding carboxylic acids is 1. The van der Waals surface area contributed by atoms with E-state index < -0.39 is 0 Å². The fraction of sp³-hybridized carbons (Fsp3) is 0. The number of carbonyl (C=O) groups is 1. The first-order valence-electron chi connectivity index (χ1n) is 5.99. The number of thiazole rings is 1. The number of nitrogens with zero attached hydrogens (tertiary/aromatic N) is 1. The Morgan fingerprint density at radius 2 is 2.05 bits per heavy atom. The standard InChI is InChI=1S/C14H10BrN3O2S/c15-12-10(5-6-20-12)13(19)18-14-17-11(7-21-14)8-1-3-9(16)4-2-8/h1-7H,16H2,(H,17,18,19). The molecule has 2 aromatic heterocycles. The van der Waals surface area contributed by atoms with Gasteiger partial charge in [-0.3, -0.25) is 10.1 Å². The monoisotopic (exact) mass is 363 g/mol. The first-order valence-corrected chi connectivity index (χ1v) is 7.66. The number of rotatable bonds is 3. The second-order valence-corrected chi connectivity index (χ2v) is 5.80. The Morgan fingerprint density at radius 1 is 1.29 bits per heavy atom. The van der Waals surface area contributed by atoms with Gasteiger partial charge in [-0.05, 0) is 34.1 Å². The van der Waals surface area contributed by atoms with E-state index in [1.807, 2.05) is 29.6 Å². The SMILES string of the molecule is Nc1ccc(-c2csc(NC(=O)c3ccoc3Br)n2)cc1. The molecule has 3 N–H and O–H groups in total. The number of hydrogen-bond acceptors (Lipinski definition) is 5. The number of furan rings is 1. The molecule has 21 heavy (non-hydrogen) atoms.